The van der Waals surface area contributed by atoms with E-state index in [1.807, 2.05) is 6.07 Å². The van der Waals surface area contributed by atoms with Crippen molar-refractivity contribution >= 4 is 11.6 Å². The quantitative estimate of drug-likeness (QED) is 0.746. The summed E-state index contributed by atoms with van der Waals surface area (Å²) >= 11 is 0. The fraction of sp³-hybridized carbons (Fsp3) is 0.696. The first-order valence-corrected chi connectivity index (χ1v) is 10.9. The number of anilines is 1. The molecule has 0 bridgehead atoms. The van der Waals surface area contributed by atoms with Gasteiger partial charge in [0.2, 0.25) is 5.91 Å². The van der Waals surface area contributed by atoms with Gasteiger partial charge >= 0.3 is 0 Å². The summed E-state index contributed by atoms with van der Waals surface area (Å²) in [5.41, 5.74) is 2.21. The van der Waals surface area contributed by atoms with Gasteiger partial charge in [-0.1, -0.05) is 44.4 Å². The summed E-state index contributed by atoms with van der Waals surface area (Å²) in [6.45, 7) is 5.30. The van der Waals surface area contributed by atoms with Crippen LogP contribution in [-0.4, -0.2) is 37.0 Å². The predicted octanol–water partition coefficient (Wildman–Crippen LogP) is 4.42. The number of amides is 1. The highest BCUT2D eigenvalue weighted by Gasteiger charge is 2.23. The average Bonchev–Trinajstić information content (AvgIpc) is 2.70. The second kappa shape index (κ2) is 10.2. The van der Waals surface area contributed by atoms with E-state index in [2.05, 4.69) is 47.7 Å². The Kier molecular flexibility index (Phi) is 7.71. The number of piperidine rings is 1. The highest BCUT2D eigenvalue weighted by atomic mass is 16.1. The van der Waals surface area contributed by atoms with Gasteiger partial charge in [-0.15, -0.1) is 0 Å². The van der Waals surface area contributed by atoms with Crippen LogP contribution in [0.5, 0.6) is 0 Å². The van der Waals surface area contributed by atoms with Crippen molar-refractivity contribution in [2.24, 2.45) is 11.8 Å². The molecule has 1 aliphatic carbocycles. The summed E-state index contributed by atoms with van der Waals surface area (Å²) < 4.78 is 0. The summed E-state index contributed by atoms with van der Waals surface area (Å²) in [6, 6.07) is 8.99. The van der Waals surface area contributed by atoms with Crippen LogP contribution in [0.15, 0.2) is 24.3 Å². The lowest BCUT2D eigenvalue weighted by Gasteiger charge is -2.31. The topological polar surface area (TPSA) is 44.4 Å². The first-order valence-electron chi connectivity index (χ1n) is 10.9. The van der Waals surface area contributed by atoms with Gasteiger partial charge in [-0.2, -0.15) is 0 Å². The third kappa shape index (κ3) is 6.05. The van der Waals surface area contributed by atoms with Crippen LogP contribution >= 0.6 is 0 Å². The van der Waals surface area contributed by atoms with Gasteiger partial charge in [-0.25, -0.2) is 0 Å². The molecule has 27 heavy (non-hydrogen) atoms. The third-order valence-electron chi connectivity index (χ3n) is 6.56. The minimum absolute atomic E-state index is 0.154. The third-order valence-corrected chi connectivity index (χ3v) is 6.56. The summed E-state index contributed by atoms with van der Waals surface area (Å²) in [6.07, 6.45) is 9.76. The normalized spacial score (nSPS) is 22.6. The van der Waals surface area contributed by atoms with Crippen molar-refractivity contribution in [3.63, 3.8) is 0 Å². The molecule has 1 aromatic carbocycles. The molecule has 1 amide bonds. The summed E-state index contributed by atoms with van der Waals surface area (Å²) in [5, 5.41) is 6.67. The molecule has 4 nitrogen and oxygen atoms in total. The molecule has 2 atom stereocenters. The van der Waals surface area contributed by atoms with E-state index < -0.39 is 0 Å². The van der Waals surface area contributed by atoms with Crippen molar-refractivity contribution in [3.05, 3.63) is 29.8 Å². The van der Waals surface area contributed by atoms with E-state index in [1.165, 1.54) is 50.5 Å². The standard InChI is InChI=1S/C23H37N3O/c1-18(19-10-8-14-24-16-19)15-23(27)25-22-13-7-6-9-20(22)17-26(2)21-11-4-3-5-12-21/h6-7,9,13,18-19,21,24H,3-5,8,10-12,14-17H2,1-2H3,(H,25,27). The van der Waals surface area contributed by atoms with E-state index in [4.69, 9.17) is 0 Å². The Morgan fingerprint density at radius 2 is 1.96 bits per heavy atom. The number of nitrogens with one attached hydrogen (secondary N) is 2. The lowest BCUT2D eigenvalue weighted by atomic mass is 9.85. The number of hydrogen-bond acceptors (Lipinski definition) is 3. The Morgan fingerprint density at radius 1 is 1.19 bits per heavy atom. The smallest absolute Gasteiger partial charge is 0.224 e. The van der Waals surface area contributed by atoms with Crippen LogP contribution in [-0.2, 0) is 11.3 Å². The Balaban J connectivity index is 1.55. The molecule has 2 aliphatic rings. The highest BCUT2D eigenvalue weighted by molar-refractivity contribution is 5.91. The zero-order valence-electron chi connectivity index (χ0n) is 17.2. The molecule has 0 spiro atoms. The van der Waals surface area contributed by atoms with Gasteiger partial charge in [0.25, 0.3) is 0 Å². The lowest BCUT2D eigenvalue weighted by Crippen LogP contribution is -2.34. The van der Waals surface area contributed by atoms with Crippen LogP contribution in [0.1, 0.15) is 63.9 Å². The Bertz CT molecular complexity index is 591. The summed E-state index contributed by atoms with van der Waals surface area (Å²) in [4.78, 5) is 15.1. The number of carbonyl (C=O) groups excluding carboxylic acids is 1. The van der Waals surface area contributed by atoms with Crippen molar-refractivity contribution in [1.82, 2.24) is 10.2 Å². The molecule has 2 N–H and O–H groups in total. The minimum atomic E-state index is 0.154. The zero-order valence-corrected chi connectivity index (χ0v) is 17.2. The second-order valence-corrected chi connectivity index (χ2v) is 8.70. The number of rotatable bonds is 7. The van der Waals surface area contributed by atoms with Gasteiger partial charge in [-0.3, -0.25) is 9.69 Å². The molecule has 1 saturated carbocycles. The van der Waals surface area contributed by atoms with Crippen LogP contribution < -0.4 is 10.6 Å². The number of carbonyl (C=O) groups is 1. The van der Waals surface area contributed by atoms with Crippen molar-refractivity contribution in [2.75, 3.05) is 25.5 Å². The maximum atomic E-state index is 12.7. The molecule has 2 fully saturated rings. The van der Waals surface area contributed by atoms with Gasteiger partial charge in [0.1, 0.15) is 0 Å². The molecule has 2 unspecified atom stereocenters. The first-order chi connectivity index (χ1) is 13.1. The zero-order chi connectivity index (χ0) is 19.1. The van der Waals surface area contributed by atoms with Gasteiger partial charge in [-0.05, 0) is 69.3 Å². The monoisotopic (exact) mass is 371 g/mol. The van der Waals surface area contributed by atoms with Gasteiger partial charge < -0.3 is 10.6 Å². The number of hydrogen-bond donors (Lipinski definition) is 2. The van der Waals surface area contributed by atoms with Crippen LogP contribution in [0.3, 0.4) is 0 Å². The summed E-state index contributed by atoms with van der Waals surface area (Å²) in [7, 11) is 2.23. The predicted molar refractivity (Wildman–Crippen MR) is 113 cm³/mol. The average molecular weight is 372 g/mol. The van der Waals surface area contributed by atoms with E-state index in [9.17, 15) is 4.79 Å². The highest BCUT2D eigenvalue weighted by Crippen LogP contribution is 2.26. The fourth-order valence-corrected chi connectivity index (χ4v) is 4.72. The minimum Gasteiger partial charge on any atom is -0.326 e. The van der Waals surface area contributed by atoms with Crippen LogP contribution in [0, 0.1) is 11.8 Å². The fourth-order valence-electron chi connectivity index (χ4n) is 4.72. The van der Waals surface area contributed by atoms with Crippen molar-refractivity contribution in [2.45, 2.75) is 70.9 Å². The molecule has 1 aliphatic heterocycles. The largest absolute Gasteiger partial charge is 0.326 e. The molecule has 0 aromatic heterocycles. The second-order valence-electron chi connectivity index (χ2n) is 8.70. The summed E-state index contributed by atoms with van der Waals surface area (Å²) in [5.74, 6) is 1.20. The first kappa shape index (κ1) is 20.3. The molecule has 4 heteroatoms. The molecule has 3 rings (SSSR count). The van der Waals surface area contributed by atoms with E-state index in [0.29, 0.717) is 24.3 Å². The van der Waals surface area contributed by atoms with E-state index in [0.717, 1.165) is 25.3 Å². The van der Waals surface area contributed by atoms with Crippen LogP contribution in [0.25, 0.3) is 0 Å². The molecule has 1 saturated heterocycles. The molecule has 1 aromatic rings. The van der Waals surface area contributed by atoms with Gasteiger partial charge in [0.05, 0.1) is 0 Å². The van der Waals surface area contributed by atoms with E-state index in [-0.39, 0.29) is 5.91 Å². The molecule has 150 valence electrons. The SMILES string of the molecule is CC(CC(=O)Nc1ccccc1CN(C)C1CCCCC1)C1CCCNC1. The van der Waals surface area contributed by atoms with Crippen molar-refractivity contribution in [1.29, 1.82) is 0 Å². The lowest BCUT2D eigenvalue weighted by molar-refractivity contribution is -0.117. The molecule has 1 heterocycles. The molecular formula is C23H37N3O. The van der Waals surface area contributed by atoms with Crippen molar-refractivity contribution in [3.8, 4) is 0 Å². The number of benzene rings is 1. The number of para-hydroxylation sites is 1. The van der Waals surface area contributed by atoms with E-state index in [1.54, 1.807) is 0 Å². The Morgan fingerprint density at radius 3 is 2.70 bits per heavy atom. The van der Waals surface area contributed by atoms with Crippen LogP contribution in [0.4, 0.5) is 5.69 Å². The number of nitrogens with zero attached hydrogens (tertiary/aromatic N) is 1. The van der Waals surface area contributed by atoms with Gasteiger partial charge in [0.15, 0.2) is 0 Å². The molecular weight excluding hydrogens is 334 g/mol. The Labute approximate surface area is 165 Å². The van der Waals surface area contributed by atoms with Gasteiger partial charge in [0, 0.05) is 24.7 Å². The maximum Gasteiger partial charge on any atom is 0.224 e. The van der Waals surface area contributed by atoms with Crippen molar-refractivity contribution < 1.29 is 4.79 Å². The van der Waals surface area contributed by atoms with Crippen LogP contribution in [0.2, 0.25) is 0 Å². The van der Waals surface area contributed by atoms with E-state index >= 15 is 0 Å². The molecule has 0 radical (unpaired) electrons. The maximum absolute atomic E-state index is 12.7. The Hall–Kier alpha value is -1.39.